The van der Waals surface area contributed by atoms with Crippen LogP contribution in [0.3, 0.4) is 0 Å². The van der Waals surface area contributed by atoms with Gasteiger partial charge in [-0.05, 0) is 37.8 Å². The number of nitro groups is 1. The Morgan fingerprint density at radius 1 is 1.38 bits per heavy atom. The Balaban J connectivity index is 2.09. The second kappa shape index (κ2) is 7.76. The number of hydrogen-bond donors (Lipinski definition) is 1. The number of carbonyl (C=O) groups excluding carboxylic acids is 1. The van der Waals surface area contributed by atoms with E-state index in [1.165, 1.54) is 18.2 Å². The first-order chi connectivity index (χ1) is 11.4. The predicted molar refractivity (Wildman–Crippen MR) is 85.1 cm³/mol. The third-order valence-electron chi connectivity index (χ3n) is 4.07. The van der Waals surface area contributed by atoms with Crippen LogP contribution in [-0.4, -0.2) is 46.5 Å². The van der Waals surface area contributed by atoms with Crippen molar-refractivity contribution in [3.05, 3.63) is 33.9 Å². The van der Waals surface area contributed by atoms with E-state index in [-0.39, 0.29) is 35.2 Å². The summed E-state index contributed by atoms with van der Waals surface area (Å²) in [6, 6.07) is 4.19. The molecule has 1 N–H and O–H groups in total. The van der Waals surface area contributed by atoms with E-state index >= 15 is 0 Å². The zero-order valence-electron chi connectivity index (χ0n) is 13.4. The van der Waals surface area contributed by atoms with E-state index in [4.69, 9.17) is 9.84 Å². The molecule has 0 spiro atoms. The monoisotopic (exact) mass is 336 g/mol. The van der Waals surface area contributed by atoms with Crippen molar-refractivity contribution in [3.63, 3.8) is 0 Å². The van der Waals surface area contributed by atoms with Crippen LogP contribution in [0.4, 0.5) is 5.69 Å². The molecule has 0 unspecified atom stereocenters. The summed E-state index contributed by atoms with van der Waals surface area (Å²) in [6.45, 7) is 2.94. The standard InChI is InChI=1S/C16H20N2O6/c1-2-24-14-4-3-12(10-13(14)18(22)23)16(21)17-7-5-11(6-8-17)9-15(19)20/h3-4,10-11H,2,5-9H2,1H3,(H,19,20). The minimum atomic E-state index is -0.832. The van der Waals surface area contributed by atoms with E-state index in [1.54, 1.807) is 11.8 Å². The lowest BCUT2D eigenvalue weighted by molar-refractivity contribution is -0.385. The van der Waals surface area contributed by atoms with Crippen LogP contribution in [-0.2, 0) is 4.79 Å². The first-order valence-corrected chi connectivity index (χ1v) is 7.84. The number of aliphatic carboxylic acids is 1. The van der Waals surface area contributed by atoms with Gasteiger partial charge in [-0.15, -0.1) is 0 Å². The van der Waals surface area contributed by atoms with Gasteiger partial charge in [-0.2, -0.15) is 0 Å². The summed E-state index contributed by atoms with van der Waals surface area (Å²) >= 11 is 0. The van der Waals surface area contributed by atoms with Crippen LogP contribution in [0, 0.1) is 16.0 Å². The maximum absolute atomic E-state index is 12.5. The lowest BCUT2D eigenvalue weighted by atomic mass is 9.93. The van der Waals surface area contributed by atoms with Gasteiger partial charge in [-0.25, -0.2) is 0 Å². The Bertz CT molecular complexity index is 637. The van der Waals surface area contributed by atoms with Crippen LogP contribution in [0.15, 0.2) is 18.2 Å². The topological polar surface area (TPSA) is 110 Å². The number of nitro benzene ring substituents is 1. The summed E-state index contributed by atoms with van der Waals surface area (Å²) in [6.07, 6.45) is 1.35. The van der Waals surface area contributed by atoms with Crippen LogP contribution in [0.25, 0.3) is 0 Å². The number of rotatable bonds is 6. The molecule has 0 bridgehead atoms. The van der Waals surface area contributed by atoms with Crippen molar-refractivity contribution in [2.75, 3.05) is 19.7 Å². The first-order valence-electron chi connectivity index (χ1n) is 7.84. The highest BCUT2D eigenvalue weighted by Crippen LogP contribution is 2.29. The third kappa shape index (κ3) is 4.21. The molecule has 0 radical (unpaired) electrons. The summed E-state index contributed by atoms with van der Waals surface area (Å²) in [5.41, 5.74) is 0.00491. The minimum absolute atomic E-state index is 0.0706. The lowest BCUT2D eigenvalue weighted by Gasteiger charge is -2.31. The van der Waals surface area contributed by atoms with Crippen molar-refractivity contribution < 1.29 is 24.4 Å². The number of ether oxygens (including phenoxy) is 1. The first kappa shape index (κ1) is 17.7. The molecule has 1 fully saturated rings. The second-order valence-corrected chi connectivity index (χ2v) is 5.71. The summed E-state index contributed by atoms with van der Waals surface area (Å²) in [7, 11) is 0. The van der Waals surface area contributed by atoms with Crippen molar-refractivity contribution in [1.82, 2.24) is 4.90 Å². The Morgan fingerprint density at radius 3 is 2.58 bits per heavy atom. The van der Waals surface area contributed by atoms with Gasteiger partial charge in [0.05, 0.1) is 11.5 Å². The molecule has 1 aromatic carbocycles. The Labute approximate surface area is 139 Å². The Morgan fingerprint density at radius 2 is 2.04 bits per heavy atom. The largest absolute Gasteiger partial charge is 0.487 e. The van der Waals surface area contributed by atoms with Crippen molar-refractivity contribution in [3.8, 4) is 5.75 Å². The number of nitrogens with zero attached hydrogens (tertiary/aromatic N) is 2. The van der Waals surface area contributed by atoms with Gasteiger partial charge in [0, 0.05) is 31.1 Å². The van der Waals surface area contributed by atoms with Crippen molar-refractivity contribution in [1.29, 1.82) is 0 Å². The third-order valence-corrected chi connectivity index (χ3v) is 4.07. The van der Waals surface area contributed by atoms with E-state index in [1.807, 2.05) is 0 Å². The predicted octanol–water partition coefficient (Wildman–Crippen LogP) is 2.32. The van der Waals surface area contributed by atoms with Crippen molar-refractivity contribution >= 4 is 17.6 Å². The number of piperidine rings is 1. The van der Waals surface area contributed by atoms with Crippen molar-refractivity contribution in [2.45, 2.75) is 26.2 Å². The van der Waals surface area contributed by atoms with Gasteiger partial charge in [0.15, 0.2) is 5.75 Å². The fourth-order valence-electron chi connectivity index (χ4n) is 2.84. The molecule has 1 amide bonds. The summed E-state index contributed by atoms with van der Waals surface area (Å²) in [4.78, 5) is 35.4. The van der Waals surface area contributed by atoms with Crippen LogP contribution >= 0.6 is 0 Å². The maximum Gasteiger partial charge on any atom is 0.311 e. The normalized spacial score (nSPS) is 15.1. The summed E-state index contributed by atoms with van der Waals surface area (Å²) < 4.78 is 5.21. The summed E-state index contributed by atoms with van der Waals surface area (Å²) in [5.74, 6) is -0.905. The van der Waals surface area contributed by atoms with Crippen LogP contribution in [0.5, 0.6) is 5.75 Å². The SMILES string of the molecule is CCOc1ccc(C(=O)N2CCC(CC(=O)O)CC2)cc1[N+](=O)[O-]. The molecule has 0 atom stereocenters. The molecule has 8 nitrogen and oxygen atoms in total. The van der Waals surface area contributed by atoms with Crippen LogP contribution < -0.4 is 4.74 Å². The molecule has 1 heterocycles. The second-order valence-electron chi connectivity index (χ2n) is 5.71. The molecule has 130 valence electrons. The van der Waals surface area contributed by atoms with Gasteiger partial charge >= 0.3 is 11.7 Å². The van der Waals surface area contributed by atoms with E-state index in [0.29, 0.717) is 32.5 Å². The highest BCUT2D eigenvalue weighted by atomic mass is 16.6. The number of likely N-dealkylation sites (tertiary alicyclic amines) is 1. The van der Waals surface area contributed by atoms with Gasteiger partial charge < -0.3 is 14.7 Å². The molecule has 0 aromatic heterocycles. The van der Waals surface area contributed by atoms with Crippen molar-refractivity contribution in [2.24, 2.45) is 5.92 Å². The molecule has 1 saturated heterocycles. The molecule has 1 aromatic rings. The minimum Gasteiger partial charge on any atom is -0.487 e. The average Bonchev–Trinajstić information content (AvgIpc) is 2.55. The summed E-state index contributed by atoms with van der Waals surface area (Å²) in [5, 5.41) is 20.0. The van der Waals surface area contributed by atoms with Gasteiger partial charge in [0.25, 0.3) is 5.91 Å². The van der Waals surface area contributed by atoms with Gasteiger partial charge in [-0.3, -0.25) is 19.7 Å². The molecular formula is C16H20N2O6. The number of benzene rings is 1. The van der Waals surface area contributed by atoms with E-state index < -0.39 is 10.9 Å². The zero-order chi connectivity index (χ0) is 17.7. The number of carboxylic acid groups (broad SMARTS) is 1. The van der Waals surface area contributed by atoms with E-state index in [2.05, 4.69) is 0 Å². The lowest BCUT2D eigenvalue weighted by Crippen LogP contribution is -2.38. The highest BCUT2D eigenvalue weighted by molar-refractivity contribution is 5.95. The number of carboxylic acids is 1. The maximum atomic E-state index is 12.5. The fraction of sp³-hybridized carbons (Fsp3) is 0.500. The van der Waals surface area contributed by atoms with Gasteiger partial charge in [-0.1, -0.05) is 0 Å². The van der Waals surface area contributed by atoms with E-state index in [9.17, 15) is 19.7 Å². The smallest absolute Gasteiger partial charge is 0.311 e. The molecule has 1 aliphatic rings. The van der Waals surface area contributed by atoms with Crippen LogP contribution in [0.2, 0.25) is 0 Å². The Kier molecular flexibility index (Phi) is 5.73. The molecule has 1 aliphatic heterocycles. The Hall–Kier alpha value is -2.64. The molecule has 0 aliphatic carbocycles. The fourth-order valence-corrected chi connectivity index (χ4v) is 2.84. The molecule has 0 saturated carbocycles. The number of hydrogen-bond acceptors (Lipinski definition) is 5. The molecule has 2 rings (SSSR count). The molecule has 24 heavy (non-hydrogen) atoms. The number of amides is 1. The van der Waals surface area contributed by atoms with Gasteiger partial charge in [0.1, 0.15) is 0 Å². The molecular weight excluding hydrogens is 316 g/mol. The van der Waals surface area contributed by atoms with Gasteiger partial charge in [0.2, 0.25) is 0 Å². The molecule has 8 heteroatoms. The van der Waals surface area contributed by atoms with Crippen LogP contribution in [0.1, 0.15) is 36.5 Å². The van der Waals surface area contributed by atoms with E-state index in [0.717, 1.165) is 0 Å². The highest BCUT2D eigenvalue weighted by Gasteiger charge is 2.26. The average molecular weight is 336 g/mol. The quantitative estimate of drug-likeness (QED) is 0.630. The zero-order valence-corrected chi connectivity index (χ0v) is 13.4. The number of carbonyl (C=O) groups is 2.